The summed E-state index contributed by atoms with van der Waals surface area (Å²) < 4.78 is 7.39. The number of methoxy groups -OCH3 is 1. The number of aromatic nitrogens is 2. The molecule has 0 radical (unpaired) electrons. The number of hydrogen-bond acceptors (Lipinski definition) is 4. The van der Waals surface area contributed by atoms with Crippen molar-refractivity contribution in [1.82, 2.24) is 9.38 Å². The van der Waals surface area contributed by atoms with Gasteiger partial charge in [-0.25, -0.2) is 4.98 Å². The third-order valence-corrected chi connectivity index (χ3v) is 4.24. The van der Waals surface area contributed by atoms with Crippen LogP contribution in [0.25, 0.3) is 16.9 Å². The van der Waals surface area contributed by atoms with Crippen molar-refractivity contribution >= 4 is 11.3 Å². The van der Waals surface area contributed by atoms with Crippen molar-refractivity contribution in [2.45, 2.75) is 20.8 Å². The van der Waals surface area contributed by atoms with E-state index in [1.54, 1.807) is 13.3 Å². The fraction of sp³-hybridized carbons (Fsp3) is 0.222. The van der Waals surface area contributed by atoms with Gasteiger partial charge in [-0.05, 0) is 38.5 Å². The zero-order valence-corrected chi connectivity index (χ0v) is 13.6. The number of hydrogen-bond donors (Lipinski definition) is 1. The summed E-state index contributed by atoms with van der Waals surface area (Å²) in [5.74, 6) is 0.792. The zero-order chi connectivity index (χ0) is 16.7. The monoisotopic (exact) mass is 306 g/mol. The number of fused-ring (bicyclic) bond motifs is 1. The Balaban J connectivity index is 2.53. The second-order valence-corrected chi connectivity index (χ2v) is 5.58. The first-order valence-electron chi connectivity index (χ1n) is 7.31. The van der Waals surface area contributed by atoms with Crippen molar-refractivity contribution in [1.29, 1.82) is 5.26 Å². The summed E-state index contributed by atoms with van der Waals surface area (Å²) in [5, 5.41) is 9.50. The molecule has 0 aliphatic heterocycles. The fourth-order valence-electron chi connectivity index (χ4n) is 3.10. The average Bonchev–Trinajstić information content (AvgIpc) is 2.81. The van der Waals surface area contributed by atoms with E-state index in [1.165, 1.54) is 0 Å². The van der Waals surface area contributed by atoms with E-state index in [1.807, 2.05) is 43.4 Å². The molecule has 2 N–H and O–H groups in total. The van der Waals surface area contributed by atoms with Gasteiger partial charge in [0.15, 0.2) is 5.65 Å². The molecule has 2 aromatic heterocycles. The van der Waals surface area contributed by atoms with Crippen LogP contribution in [0.1, 0.15) is 22.4 Å². The summed E-state index contributed by atoms with van der Waals surface area (Å²) in [6.45, 7) is 6.00. The molecule has 0 amide bonds. The summed E-state index contributed by atoms with van der Waals surface area (Å²) in [4.78, 5) is 4.35. The summed E-state index contributed by atoms with van der Waals surface area (Å²) in [5.41, 5.74) is 12.6. The molecular formula is C18H18N4O. The normalized spacial score (nSPS) is 10.7. The molecule has 0 atom stereocenters. The van der Waals surface area contributed by atoms with Crippen molar-refractivity contribution in [3.63, 3.8) is 0 Å². The van der Waals surface area contributed by atoms with Crippen molar-refractivity contribution in [3.8, 4) is 23.1 Å². The van der Waals surface area contributed by atoms with Gasteiger partial charge in [0.2, 0.25) is 0 Å². The number of nitrogen functional groups attached to an aromatic ring is 1. The molecule has 0 aliphatic rings. The van der Waals surface area contributed by atoms with Gasteiger partial charge >= 0.3 is 0 Å². The number of nitrogens with zero attached hydrogens (tertiary/aromatic N) is 3. The lowest BCUT2D eigenvalue weighted by atomic mass is 9.97. The van der Waals surface area contributed by atoms with E-state index in [-0.39, 0.29) is 0 Å². The highest BCUT2D eigenvalue weighted by Gasteiger charge is 2.23. The lowest BCUT2D eigenvalue weighted by molar-refractivity contribution is 0.412. The number of ether oxygens (including phenoxy) is 1. The van der Waals surface area contributed by atoms with Gasteiger partial charge < -0.3 is 10.5 Å². The third kappa shape index (κ3) is 2.03. The highest BCUT2D eigenvalue weighted by atomic mass is 16.5. The van der Waals surface area contributed by atoms with E-state index in [0.717, 1.165) is 33.8 Å². The maximum Gasteiger partial charge on any atom is 0.157 e. The Morgan fingerprint density at radius 1 is 1.22 bits per heavy atom. The van der Waals surface area contributed by atoms with Crippen LogP contribution in [0, 0.1) is 32.1 Å². The molecule has 116 valence electrons. The number of benzene rings is 1. The van der Waals surface area contributed by atoms with Gasteiger partial charge in [-0.2, -0.15) is 5.26 Å². The summed E-state index contributed by atoms with van der Waals surface area (Å²) in [6, 6.07) is 8.03. The van der Waals surface area contributed by atoms with Gasteiger partial charge in [0.25, 0.3) is 0 Å². The highest BCUT2D eigenvalue weighted by molar-refractivity contribution is 5.89. The van der Waals surface area contributed by atoms with E-state index in [4.69, 9.17) is 10.5 Å². The minimum absolute atomic E-state index is 0.408. The summed E-state index contributed by atoms with van der Waals surface area (Å²) in [6.07, 6.45) is 1.69. The van der Waals surface area contributed by atoms with Crippen LogP contribution in [-0.4, -0.2) is 16.5 Å². The molecule has 0 aliphatic carbocycles. The predicted octanol–water partition coefficient (Wildman–Crippen LogP) is 3.39. The lowest BCUT2D eigenvalue weighted by Gasteiger charge is -2.15. The highest BCUT2D eigenvalue weighted by Crippen LogP contribution is 2.40. The van der Waals surface area contributed by atoms with Gasteiger partial charge in [0.1, 0.15) is 17.4 Å². The smallest absolute Gasteiger partial charge is 0.157 e. The van der Waals surface area contributed by atoms with Crippen LogP contribution in [0.5, 0.6) is 5.75 Å². The summed E-state index contributed by atoms with van der Waals surface area (Å²) in [7, 11) is 1.65. The minimum atomic E-state index is 0.408. The van der Waals surface area contributed by atoms with Gasteiger partial charge in [-0.3, -0.25) is 4.40 Å². The Morgan fingerprint density at radius 2 is 1.96 bits per heavy atom. The topological polar surface area (TPSA) is 76.3 Å². The van der Waals surface area contributed by atoms with Crippen molar-refractivity contribution in [2.24, 2.45) is 0 Å². The molecule has 2 heterocycles. The number of rotatable bonds is 2. The Kier molecular flexibility index (Phi) is 3.45. The van der Waals surface area contributed by atoms with Gasteiger partial charge in [-0.1, -0.05) is 6.07 Å². The fourth-order valence-corrected chi connectivity index (χ4v) is 3.10. The second-order valence-electron chi connectivity index (χ2n) is 5.58. The Labute approximate surface area is 134 Å². The van der Waals surface area contributed by atoms with Crippen LogP contribution in [-0.2, 0) is 0 Å². The van der Waals surface area contributed by atoms with Crippen LogP contribution in [0.3, 0.4) is 0 Å². The van der Waals surface area contributed by atoms with Gasteiger partial charge in [0, 0.05) is 23.0 Å². The SMILES string of the molecule is COc1ccc(C)c(-c2c(N)c(C#N)c3nccc(C)n23)c1C. The molecule has 23 heavy (non-hydrogen) atoms. The molecule has 3 aromatic rings. The van der Waals surface area contributed by atoms with Crippen LogP contribution >= 0.6 is 0 Å². The largest absolute Gasteiger partial charge is 0.496 e. The average molecular weight is 306 g/mol. The Bertz CT molecular complexity index is 964. The van der Waals surface area contributed by atoms with E-state index in [2.05, 4.69) is 11.1 Å². The minimum Gasteiger partial charge on any atom is -0.496 e. The first-order valence-corrected chi connectivity index (χ1v) is 7.31. The molecular weight excluding hydrogens is 288 g/mol. The maximum absolute atomic E-state index is 9.50. The number of nitrogens with two attached hydrogens (primary N) is 1. The van der Waals surface area contributed by atoms with Crippen molar-refractivity contribution < 1.29 is 4.74 Å². The number of nitriles is 1. The molecule has 0 fully saturated rings. The molecule has 1 aromatic carbocycles. The van der Waals surface area contributed by atoms with E-state index < -0.39 is 0 Å². The van der Waals surface area contributed by atoms with Crippen LogP contribution < -0.4 is 10.5 Å². The molecule has 0 saturated heterocycles. The lowest BCUT2D eigenvalue weighted by Crippen LogP contribution is -2.01. The standard InChI is InChI=1S/C18H18N4O/c1-10-5-6-14(23-4)12(3)15(10)17-16(20)13(9-19)18-21-8-7-11(2)22(17)18/h5-8H,20H2,1-4H3. The first kappa shape index (κ1) is 14.9. The van der Waals surface area contributed by atoms with Crippen LogP contribution in [0.2, 0.25) is 0 Å². The number of anilines is 1. The maximum atomic E-state index is 9.50. The molecule has 0 bridgehead atoms. The van der Waals surface area contributed by atoms with Crippen molar-refractivity contribution in [2.75, 3.05) is 12.8 Å². The molecule has 5 heteroatoms. The van der Waals surface area contributed by atoms with E-state index in [9.17, 15) is 5.26 Å². The molecule has 0 unspecified atom stereocenters. The first-order chi connectivity index (χ1) is 11.0. The zero-order valence-electron chi connectivity index (χ0n) is 13.6. The van der Waals surface area contributed by atoms with E-state index in [0.29, 0.717) is 16.9 Å². The predicted molar refractivity (Wildman–Crippen MR) is 90.5 cm³/mol. The molecule has 3 rings (SSSR count). The molecule has 5 nitrogen and oxygen atoms in total. The number of aryl methyl sites for hydroxylation is 2. The Hall–Kier alpha value is -3.00. The second kappa shape index (κ2) is 5.33. The molecule has 0 spiro atoms. The Morgan fingerprint density at radius 3 is 2.61 bits per heavy atom. The van der Waals surface area contributed by atoms with Gasteiger partial charge in [0.05, 0.1) is 18.5 Å². The van der Waals surface area contributed by atoms with Crippen LogP contribution in [0.15, 0.2) is 24.4 Å². The molecule has 0 saturated carbocycles. The quantitative estimate of drug-likeness (QED) is 0.787. The van der Waals surface area contributed by atoms with E-state index >= 15 is 0 Å². The van der Waals surface area contributed by atoms with Gasteiger partial charge in [-0.15, -0.1) is 0 Å². The summed E-state index contributed by atoms with van der Waals surface area (Å²) >= 11 is 0. The van der Waals surface area contributed by atoms with Crippen molar-refractivity contribution in [3.05, 3.63) is 46.8 Å². The van der Waals surface area contributed by atoms with Crippen LogP contribution in [0.4, 0.5) is 5.69 Å². The third-order valence-electron chi connectivity index (χ3n) is 4.24.